The van der Waals surface area contributed by atoms with E-state index in [1.807, 2.05) is 6.07 Å². The SMILES string of the molecule is O=C(NCC(c1ccccc1)S(=O)(=O)c1cccs1)c1cnccn1. The number of aromatic nitrogens is 2. The third-order valence-corrected chi connectivity index (χ3v) is 7.10. The molecule has 0 aliphatic carbocycles. The Morgan fingerprint density at radius 1 is 1.12 bits per heavy atom. The molecule has 6 nitrogen and oxygen atoms in total. The highest BCUT2D eigenvalue weighted by Crippen LogP contribution is 2.31. The Labute approximate surface area is 149 Å². The summed E-state index contributed by atoms with van der Waals surface area (Å²) in [6.45, 7) is -0.0559. The lowest BCUT2D eigenvalue weighted by Crippen LogP contribution is -2.32. The van der Waals surface area contributed by atoms with Crippen molar-refractivity contribution >= 4 is 27.1 Å². The maximum absolute atomic E-state index is 13.0. The smallest absolute Gasteiger partial charge is 0.271 e. The van der Waals surface area contributed by atoms with Gasteiger partial charge >= 0.3 is 0 Å². The number of hydrogen-bond acceptors (Lipinski definition) is 6. The van der Waals surface area contributed by atoms with E-state index in [4.69, 9.17) is 0 Å². The molecule has 0 saturated heterocycles. The van der Waals surface area contributed by atoms with Gasteiger partial charge < -0.3 is 5.32 Å². The highest BCUT2D eigenvalue weighted by molar-refractivity contribution is 7.93. The van der Waals surface area contributed by atoms with Crippen LogP contribution in [0.4, 0.5) is 0 Å². The third-order valence-electron chi connectivity index (χ3n) is 3.57. The molecule has 3 aromatic rings. The monoisotopic (exact) mass is 373 g/mol. The largest absolute Gasteiger partial charge is 0.349 e. The van der Waals surface area contributed by atoms with E-state index in [9.17, 15) is 13.2 Å². The molecule has 0 spiro atoms. The van der Waals surface area contributed by atoms with Crippen LogP contribution in [0.25, 0.3) is 0 Å². The van der Waals surface area contributed by atoms with Crippen molar-refractivity contribution < 1.29 is 13.2 Å². The quantitative estimate of drug-likeness (QED) is 0.717. The molecule has 25 heavy (non-hydrogen) atoms. The highest BCUT2D eigenvalue weighted by Gasteiger charge is 2.30. The molecule has 8 heteroatoms. The molecule has 1 unspecified atom stereocenters. The molecule has 1 N–H and O–H groups in total. The number of carbonyl (C=O) groups is 1. The molecule has 2 aromatic heterocycles. The number of amides is 1. The first kappa shape index (κ1) is 17.2. The van der Waals surface area contributed by atoms with Crippen LogP contribution in [-0.2, 0) is 9.84 Å². The molecule has 0 bridgehead atoms. The summed E-state index contributed by atoms with van der Waals surface area (Å²) in [5.74, 6) is -0.463. The van der Waals surface area contributed by atoms with E-state index in [1.54, 1.807) is 41.8 Å². The van der Waals surface area contributed by atoms with Crippen LogP contribution in [0.1, 0.15) is 21.3 Å². The molecule has 0 aliphatic heterocycles. The summed E-state index contributed by atoms with van der Waals surface area (Å²) in [4.78, 5) is 19.9. The minimum atomic E-state index is -3.62. The summed E-state index contributed by atoms with van der Waals surface area (Å²) in [7, 11) is -3.62. The maximum atomic E-state index is 13.0. The van der Waals surface area contributed by atoms with E-state index in [0.29, 0.717) is 5.56 Å². The molecular formula is C17H15N3O3S2. The topological polar surface area (TPSA) is 89.0 Å². The normalized spacial score (nSPS) is 12.5. The van der Waals surface area contributed by atoms with Crippen molar-refractivity contribution in [2.75, 3.05) is 6.54 Å². The van der Waals surface area contributed by atoms with Crippen LogP contribution in [0, 0.1) is 0 Å². The molecule has 0 aliphatic rings. The van der Waals surface area contributed by atoms with Gasteiger partial charge in [-0.05, 0) is 17.0 Å². The van der Waals surface area contributed by atoms with Gasteiger partial charge in [0.15, 0.2) is 9.84 Å². The minimum absolute atomic E-state index is 0.0559. The van der Waals surface area contributed by atoms with Gasteiger partial charge in [0.2, 0.25) is 0 Å². The van der Waals surface area contributed by atoms with E-state index in [0.717, 1.165) is 11.3 Å². The van der Waals surface area contributed by atoms with E-state index >= 15 is 0 Å². The van der Waals surface area contributed by atoms with E-state index in [-0.39, 0.29) is 16.4 Å². The van der Waals surface area contributed by atoms with Crippen LogP contribution >= 0.6 is 11.3 Å². The van der Waals surface area contributed by atoms with Crippen molar-refractivity contribution in [3.8, 4) is 0 Å². The fourth-order valence-corrected chi connectivity index (χ4v) is 5.20. The van der Waals surface area contributed by atoms with Gasteiger partial charge in [-0.3, -0.25) is 9.78 Å². The van der Waals surface area contributed by atoms with E-state index in [2.05, 4.69) is 15.3 Å². The highest BCUT2D eigenvalue weighted by atomic mass is 32.2. The predicted molar refractivity (Wildman–Crippen MR) is 95.1 cm³/mol. The number of rotatable bonds is 6. The molecule has 1 aromatic carbocycles. The van der Waals surface area contributed by atoms with Crippen LogP contribution in [0.2, 0.25) is 0 Å². The zero-order valence-corrected chi connectivity index (χ0v) is 14.7. The molecule has 2 heterocycles. The Kier molecular flexibility index (Phi) is 5.20. The Balaban J connectivity index is 1.87. The molecule has 0 saturated carbocycles. The van der Waals surface area contributed by atoms with E-state index < -0.39 is 21.0 Å². The van der Waals surface area contributed by atoms with Gasteiger partial charge in [-0.25, -0.2) is 13.4 Å². The number of benzene rings is 1. The average molecular weight is 373 g/mol. The number of hydrogen-bond donors (Lipinski definition) is 1. The van der Waals surface area contributed by atoms with Crippen molar-refractivity contribution in [1.82, 2.24) is 15.3 Å². The van der Waals surface area contributed by atoms with Crippen LogP contribution in [0.15, 0.2) is 70.6 Å². The molecule has 0 fully saturated rings. The molecular weight excluding hydrogens is 358 g/mol. The second-order valence-electron chi connectivity index (χ2n) is 5.18. The Hall–Kier alpha value is -2.58. The second kappa shape index (κ2) is 7.54. The van der Waals surface area contributed by atoms with Crippen LogP contribution < -0.4 is 5.32 Å². The van der Waals surface area contributed by atoms with Gasteiger partial charge in [0, 0.05) is 18.9 Å². The maximum Gasteiger partial charge on any atom is 0.271 e. The average Bonchev–Trinajstić information content (AvgIpc) is 3.19. The molecule has 128 valence electrons. The number of thiophene rings is 1. The van der Waals surface area contributed by atoms with Crippen LogP contribution in [0.5, 0.6) is 0 Å². The number of sulfone groups is 1. The molecule has 1 atom stereocenters. The lowest BCUT2D eigenvalue weighted by molar-refractivity contribution is 0.0948. The Morgan fingerprint density at radius 2 is 1.92 bits per heavy atom. The molecule has 1 amide bonds. The lowest BCUT2D eigenvalue weighted by Gasteiger charge is -2.18. The van der Waals surface area contributed by atoms with E-state index in [1.165, 1.54) is 18.6 Å². The number of nitrogens with zero attached hydrogens (tertiary/aromatic N) is 2. The minimum Gasteiger partial charge on any atom is -0.349 e. The summed E-state index contributed by atoms with van der Waals surface area (Å²) >= 11 is 1.16. The van der Waals surface area contributed by atoms with Gasteiger partial charge in [-0.1, -0.05) is 36.4 Å². The first-order valence-corrected chi connectivity index (χ1v) is 9.88. The molecule has 0 radical (unpaired) electrons. The summed E-state index contributed by atoms with van der Waals surface area (Å²) in [5.41, 5.74) is 0.762. The third kappa shape index (κ3) is 3.92. The summed E-state index contributed by atoms with van der Waals surface area (Å²) in [5, 5.41) is 3.48. The standard InChI is InChI=1S/C17H15N3O3S2/c21-17(14-11-18-8-9-19-14)20-12-15(13-5-2-1-3-6-13)25(22,23)16-7-4-10-24-16/h1-11,15H,12H2,(H,20,21). The van der Waals surface area contributed by atoms with Gasteiger partial charge in [0.1, 0.15) is 15.2 Å². The fourth-order valence-electron chi connectivity index (χ4n) is 2.33. The van der Waals surface area contributed by atoms with Crippen molar-refractivity contribution in [2.24, 2.45) is 0 Å². The van der Waals surface area contributed by atoms with Crippen molar-refractivity contribution in [3.63, 3.8) is 0 Å². The van der Waals surface area contributed by atoms with Gasteiger partial charge in [-0.2, -0.15) is 0 Å². The summed E-state index contributed by atoms with van der Waals surface area (Å²) in [6.07, 6.45) is 4.21. The lowest BCUT2D eigenvalue weighted by atomic mass is 10.1. The summed E-state index contributed by atoms with van der Waals surface area (Å²) < 4.78 is 26.2. The van der Waals surface area contributed by atoms with Crippen molar-refractivity contribution in [3.05, 3.63) is 77.7 Å². The molecule has 3 rings (SSSR count). The van der Waals surface area contributed by atoms with Gasteiger partial charge in [0.05, 0.1) is 6.20 Å². The van der Waals surface area contributed by atoms with Crippen molar-refractivity contribution in [1.29, 1.82) is 0 Å². The fraction of sp³-hybridized carbons (Fsp3) is 0.118. The van der Waals surface area contributed by atoms with Gasteiger partial charge in [-0.15, -0.1) is 11.3 Å². The first-order valence-electron chi connectivity index (χ1n) is 7.45. The first-order chi connectivity index (χ1) is 12.1. The van der Waals surface area contributed by atoms with Crippen molar-refractivity contribution in [2.45, 2.75) is 9.46 Å². The Bertz CT molecular complexity index is 928. The second-order valence-corrected chi connectivity index (χ2v) is 8.48. The van der Waals surface area contributed by atoms with Crippen LogP contribution in [-0.4, -0.2) is 30.8 Å². The predicted octanol–water partition coefficient (Wildman–Crippen LogP) is 2.48. The van der Waals surface area contributed by atoms with Crippen LogP contribution in [0.3, 0.4) is 0 Å². The Morgan fingerprint density at radius 3 is 2.56 bits per heavy atom. The zero-order chi connectivity index (χ0) is 17.7. The summed E-state index contributed by atoms with van der Waals surface area (Å²) in [6, 6.07) is 12.1. The number of nitrogens with one attached hydrogen (secondary N) is 1. The zero-order valence-electron chi connectivity index (χ0n) is 13.1. The number of carbonyl (C=O) groups excluding carboxylic acids is 1. The van der Waals surface area contributed by atoms with Gasteiger partial charge in [0.25, 0.3) is 5.91 Å².